The zero-order valence-electron chi connectivity index (χ0n) is 21.5. The van der Waals surface area contributed by atoms with Crippen molar-refractivity contribution in [1.29, 1.82) is 0 Å². The van der Waals surface area contributed by atoms with Gasteiger partial charge >= 0.3 is 11.9 Å². The topological polar surface area (TPSA) is 108 Å². The lowest BCUT2D eigenvalue weighted by molar-refractivity contribution is -0.315. The van der Waals surface area contributed by atoms with Crippen LogP contribution in [0.25, 0.3) is 5.76 Å². The standard InChI is InChI=1S/C29H28O10/c1-5-16-35-37-19-34-24-10-12-25(13-11-24)38-29(31)27-15-14-26(17-20(27)2)39-28(30)23-8-6-22(7-9-23)21(3)33-18-36-32-4/h5-15,17H,1,3,16,18-19H2,2,4H3. The molecule has 0 aliphatic carbocycles. The fourth-order valence-electron chi connectivity index (χ4n) is 3.10. The van der Waals surface area contributed by atoms with Gasteiger partial charge in [-0.25, -0.2) is 19.4 Å². The fraction of sp³-hybridized carbons (Fsp3) is 0.172. The maximum Gasteiger partial charge on any atom is 0.343 e. The van der Waals surface area contributed by atoms with Crippen molar-refractivity contribution in [3.63, 3.8) is 0 Å². The molecule has 10 heteroatoms. The average molecular weight is 537 g/mol. The van der Waals surface area contributed by atoms with E-state index in [2.05, 4.69) is 22.9 Å². The first-order valence-corrected chi connectivity index (χ1v) is 11.6. The monoisotopic (exact) mass is 536 g/mol. The first kappa shape index (κ1) is 29.1. The molecule has 0 atom stereocenters. The lowest BCUT2D eigenvalue weighted by atomic mass is 10.1. The molecule has 0 aliphatic heterocycles. The van der Waals surface area contributed by atoms with Crippen LogP contribution in [0.15, 0.2) is 86.0 Å². The minimum atomic E-state index is -0.564. The minimum absolute atomic E-state index is 0.107. The summed E-state index contributed by atoms with van der Waals surface area (Å²) in [6, 6.07) is 17.6. The summed E-state index contributed by atoms with van der Waals surface area (Å²) in [5.74, 6) is 0.342. The summed E-state index contributed by atoms with van der Waals surface area (Å²) >= 11 is 0. The number of benzene rings is 3. The molecule has 39 heavy (non-hydrogen) atoms. The number of hydrogen-bond donors (Lipinski definition) is 0. The molecule has 0 amide bonds. The molecular weight excluding hydrogens is 508 g/mol. The van der Waals surface area contributed by atoms with E-state index in [4.69, 9.17) is 28.7 Å². The van der Waals surface area contributed by atoms with Crippen LogP contribution in [0.3, 0.4) is 0 Å². The first-order valence-electron chi connectivity index (χ1n) is 11.6. The molecule has 0 spiro atoms. The Morgan fingerprint density at radius 1 is 0.769 bits per heavy atom. The van der Waals surface area contributed by atoms with Gasteiger partial charge in [-0.2, -0.15) is 9.78 Å². The zero-order valence-corrected chi connectivity index (χ0v) is 21.5. The van der Waals surface area contributed by atoms with E-state index >= 15 is 0 Å². The van der Waals surface area contributed by atoms with Crippen molar-refractivity contribution in [1.82, 2.24) is 0 Å². The largest absolute Gasteiger partial charge is 0.465 e. The number of esters is 2. The van der Waals surface area contributed by atoms with Crippen molar-refractivity contribution in [3.05, 3.63) is 108 Å². The lowest BCUT2D eigenvalue weighted by Crippen LogP contribution is -2.12. The van der Waals surface area contributed by atoms with Crippen molar-refractivity contribution in [3.8, 4) is 17.2 Å². The molecule has 0 aliphatic rings. The van der Waals surface area contributed by atoms with Crippen LogP contribution in [0.5, 0.6) is 17.2 Å². The Kier molecular flexibility index (Phi) is 11.2. The van der Waals surface area contributed by atoms with E-state index in [9.17, 15) is 9.59 Å². The molecule has 0 radical (unpaired) electrons. The van der Waals surface area contributed by atoms with Gasteiger partial charge in [0.1, 0.15) is 29.6 Å². The molecule has 0 unspecified atom stereocenters. The number of ether oxygens (including phenoxy) is 4. The molecule has 0 bridgehead atoms. The zero-order chi connectivity index (χ0) is 28.0. The number of rotatable bonds is 15. The second-order valence-corrected chi connectivity index (χ2v) is 7.73. The minimum Gasteiger partial charge on any atom is -0.465 e. The maximum absolute atomic E-state index is 12.7. The van der Waals surface area contributed by atoms with Gasteiger partial charge in [-0.1, -0.05) is 24.8 Å². The quantitative estimate of drug-likeness (QED) is 0.0365. The summed E-state index contributed by atoms with van der Waals surface area (Å²) in [5, 5.41) is 0. The van der Waals surface area contributed by atoms with Gasteiger partial charge in [-0.05, 0) is 67.1 Å². The van der Waals surface area contributed by atoms with Crippen LogP contribution in [0, 0.1) is 6.92 Å². The second-order valence-electron chi connectivity index (χ2n) is 7.73. The van der Waals surface area contributed by atoms with E-state index in [-0.39, 0.29) is 25.9 Å². The van der Waals surface area contributed by atoms with Crippen molar-refractivity contribution in [2.75, 3.05) is 27.3 Å². The van der Waals surface area contributed by atoms with E-state index in [1.165, 1.54) is 19.2 Å². The van der Waals surface area contributed by atoms with Crippen LogP contribution in [0.2, 0.25) is 0 Å². The third-order valence-corrected chi connectivity index (χ3v) is 5.05. The van der Waals surface area contributed by atoms with Crippen LogP contribution < -0.4 is 14.2 Å². The predicted molar refractivity (Wildman–Crippen MR) is 140 cm³/mol. The highest BCUT2D eigenvalue weighted by Gasteiger charge is 2.15. The molecule has 3 aromatic rings. The molecule has 0 aromatic heterocycles. The van der Waals surface area contributed by atoms with Gasteiger partial charge in [0.25, 0.3) is 0 Å². The van der Waals surface area contributed by atoms with Crippen molar-refractivity contribution < 1.29 is 48.1 Å². The summed E-state index contributed by atoms with van der Waals surface area (Å²) in [4.78, 5) is 43.9. The highest BCUT2D eigenvalue weighted by molar-refractivity contribution is 5.94. The van der Waals surface area contributed by atoms with Crippen LogP contribution in [-0.2, 0) is 24.3 Å². The summed E-state index contributed by atoms with van der Waals surface area (Å²) in [6.45, 7) is 9.03. The van der Waals surface area contributed by atoms with E-state index in [0.717, 1.165) is 0 Å². The molecule has 0 heterocycles. The molecule has 10 nitrogen and oxygen atoms in total. The number of aryl methyl sites for hydroxylation is 1. The normalized spacial score (nSPS) is 10.4. The van der Waals surface area contributed by atoms with E-state index in [0.29, 0.717) is 39.5 Å². The Balaban J connectivity index is 1.53. The summed E-state index contributed by atoms with van der Waals surface area (Å²) in [7, 11) is 1.37. The van der Waals surface area contributed by atoms with Gasteiger partial charge in [0.2, 0.25) is 13.6 Å². The Labute approximate surface area is 225 Å². The number of hydrogen-bond acceptors (Lipinski definition) is 10. The van der Waals surface area contributed by atoms with Crippen molar-refractivity contribution >= 4 is 17.7 Å². The second kappa shape index (κ2) is 15.1. The van der Waals surface area contributed by atoms with Gasteiger partial charge in [-0.15, -0.1) is 6.58 Å². The Morgan fingerprint density at radius 3 is 2.08 bits per heavy atom. The highest BCUT2D eigenvalue weighted by atomic mass is 17.2. The molecule has 0 saturated carbocycles. The number of carbonyl (C=O) groups is 2. The van der Waals surface area contributed by atoms with Crippen molar-refractivity contribution in [2.45, 2.75) is 6.92 Å². The van der Waals surface area contributed by atoms with Crippen LogP contribution in [-0.4, -0.2) is 39.2 Å². The Morgan fingerprint density at radius 2 is 1.41 bits per heavy atom. The molecular formula is C29H28O10. The van der Waals surface area contributed by atoms with E-state index < -0.39 is 11.9 Å². The summed E-state index contributed by atoms with van der Waals surface area (Å²) in [5.41, 5.74) is 1.88. The smallest absolute Gasteiger partial charge is 0.343 e. The molecule has 0 saturated heterocycles. The van der Waals surface area contributed by atoms with Gasteiger partial charge in [0.15, 0.2) is 0 Å². The van der Waals surface area contributed by atoms with Crippen LogP contribution >= 0.6 is 0 Å². The molecule has 3 rings (SSSR count). The Bertz CT molecular complexity index is 1270. The van der Waals surface area contributed by atoms with Crippen molar-refractivity contribution in [2.24, 2.45) is 0 Å². The first-order chi connectivity index (χ1) is 18.9. The third kappa shape index (κ3) is 9.09. The van der Waals surface area contributed by atoms with Crippen LogP contribution in [0.4, 0.5) is 0 Å². The van der Waals surface area contributed by atoms with E-state index in [1.807, 2.05) is 0 Å². The molecule has 3 aromatic carbocycles. The molecule has 0 fully saturated rings. The van der Waals surface area contributed by atoms with Gasteiger partial charge in [0, 0.05) is 5.56 Å². The molecule has 0 N–H and O–H groups in total. The van der Waals surface area contributed by atoms with Gasteiger partial charge in [-0.3, -0.25) is 0 Å². The Hall–Kier alpha value is -4.48. The average Bonchev–Trinajstić information content (AvgIpc) is 2.94. The SMILES string of the molecule is C=CCOOCOc1ccc(OC(=O)c2ccc(OC(=O)c3ccc(C(=C)OCOOC)cc3)cc2C)cc1. The maximum atomic E-state index is 12.7. The third-order valence-electron chi connectivity index (χ3n) is 5.05. The van der Waals surface area contributed by atoms with E-state index in [1.54, 1.807) is 67.6 Å². The van der Waals surface area contributed by atoms with Crippen LogP contribution in [0.1, 0.15) is 31.8 Å². The summed E-state index contributed by atoms with van der Waals surface area (Å²) < 4.78 is 21.5. The lowest BCUT2D eigenvalue weighted by Gasteiger charge is -2.11. The number of carbonyl (C=O) groups excluding carboxylic acids is 2. The fourth-order valence-corrected chi connectivity index (χ4v) is 3.10. The molecule has 204 valence electrons. The predicted octanol–water partition coefficient (Wildman–Crippen LogP) is 5.43. The van der Waals surface area contributed by atoms with Gasteiger partial charge < -0.3 is 18.9 Å². The highest BCUT2D eigenvalue weighted by Crippen LogP contribution is 2.23. The van der Waals surface area contributed by atoms with Gasteiger partial charge in [0.05, 0.1) is 18.2 Å². The summed E-state index contributed by atoms with van der Waals surface area (Å²) in [6.07, 6.45) is 1.54.